The number of aromatic nitrogens is 1. The second-order valence-electron chi connectivity index (χ2n) is 9.41. The lowest BCUT2D eigenvalue weighted by Gasteiger charge is -2.27. The second-order valence-corrected chi connectivity index (χ2v) is 9.79. The Kier molecular flexibility index (Phi) is 7.69. The molecule has 6 nitrogen and oxygen atoms in total. The van der Waals surface area contributed by atoms with Gasteiger partial charge in [-0.3, -0.25) is 4.79 Å². The molecule has 0 amide bonds. The van der Waals surface area contributed by atoms with Gasteiger partial charge in [-0.25, -0.2) is 9.18 Å². The number of anilines is 1. The number of nitrogens with two attached hydrogens (primary N) is 1. The molecular formula is C27H29ClFN3O3. The fourth-order valence-electron chi connectivity index (χ4n) is 4.68. The summed E-state index contributed by atoms with van der Waals surface area (Å²) in [6.07, 6.45) is 17.4. The van der Waals surface area contributed by atoms with Crippen LogP contribution in [0.5, 0.6) is 0 Å². The molecule has 2 N–H and O–H groups in total. The molecule has 4 rings (SSSR count). The minimum Gasteiger partial charge on any atom is -0.462 e. The molecular weight excluding hydrogens is 469 g/mol. The first kappa shape index (κ1) is 25.1. The molecule has 2 fully saturated rings. The first-order valence-corrected chi connectivity index (χ1v) is 12.3. The van der Waals surface area contributed by atoms with E-state index in [1.807, 2.05) is 9.47 Å². The number of benzene rings is 1. The zero-order valence-electron chi connectivity index (χ0n) is 19.6. The molecule has 0 radical (unpaired) electrons. The Morgan fingerprint density at radius 1 is 1.26 bits per heavy atom. The summed E-state index contributed by atoms with van der Waals surface area (Å²) in [7, 11) is 0. The van der Waals surface area contributed by atoms with Gasteiger partial charge in [-0.05, 0) is 31.7 Å². The van der Waals surface area contributed by atoms with Crippen LogP contribution in [0.3, 0.4) is 0 Å². The van der Waals surface area contributed by atoms with Gasteiger partial charge in [-0.2, -0.15) is 0 Å². The normalized spacial score (nSPS) is 18.2. The summed E-state index contributed by atoms with van der Waals surface area (Å²) in [5.41, 5.74) is 6.10. The Balaban J connectivity index is 1.76. The lowest BCUT2D eigenvalue weighted by molar-refractivity contribution is 0.0442. The maximum absolute atomic E-state index is 15.4. The van der Waals surface area contributed by atoms with Gasteiger partial charge in [0.15, 0.2) is 0 Å². The van der Waals surface area contributed by atoms with E-state index in [1.54, 1.807) is 0 Å². The van der Waals surface area contributed by atoms with Crippen molar-refractivity contribution in [1.29, 1.82) is 0 Å². The van der Waals surface area contributed by atoms with E-state index in [-0.39, 0.29) is 46.3 Å². The third kappa shape index (κ3) is 5.32. The lowest BCUT2D eigenvalue weighted by Crippen LogP contribution is -2.36. The zero-order chi connectivity index (χ0) is 25.1. The monoisotopic (exact) mass is 497 g/mol. The van der Waals surface area contributed by atoms with E-state index in [9.17, 15) is 9.59 Å². The van der Waals surface area contributed by atoms with E-state index in [2.05, 4.69) is 11.8 Å². The first-order chi connectivity index (χ1) is 16.8. The smallest absolute Gasteiger partial charge is 0.343 e. The molecule has 2 aliphatic rings. The van der Waals surface area contributed by atoms with Crippen LogP contribution in [0, 0.1) is 36.4 Å². The number of ether oxygens (including phenoxy) is 1. The highest BCUT2D eigenvalue weighted by Crippen LogP contribution is 2.42. The molecule has 0 unspecified atom stereocenters. The summed E-state index contributed by atoms with van der Waals surface area (Å²) in [5.74, 6) is 3.44. The van der Waals surface area contributed by atoms with E-state index in [1.165, 1.54) is 12.3 Å². The molecule has 2 aromatic rings. The Morgan fingerprint density at radius 3 is 2.63 bits per heavy atom. The summed E-state index contributed by atoms with van der Waals surface area (Å²) in [5, 5.41) is 0.224. The van der Waals surface area contributed by atoms with Gasteiger partial charge >= 0.3 is 5.97 Å². The number of hydrogen-bond acceptors (Lipinski definition) is 5. The van der Waals surface area contributed by atoms with Crippen molar-refractivity contribution in [3.8, 4) is 24.7 Å². The van der Waals surface area contributed by atoms with Crippen LogP contribution in [0.4, 0.5) is 10.1 Å². The number of pyridine rings is 1. The number of carbonyl (C=O) groups is 1. The van der Waals surface area contributed by atoms with Gasteiger partial charge in [-0.15, -0.1) is 24.7 Å². The number of hydrogen-bond donors (Lipinski definition) is 1. The lowest BCUT2D eigenvalue weighted by atomic mass is 10.0. The van der Waals surface area contributed by atoms with Crippen LogP contribution in [-0.2, 0) is 4.74 Å². The van der Waals surface area contributed by atoms with Gasteiger partial charge < -0.3 is 19.9 Å². The zero-order valence-corrected chi connectivity index (χ0v) is 20.3. The topological polar surface area (TPSA) is 77.6 Å². The fourth-order valence-corrected chi connectivity index (χ4v) is 5.09. The van der Waals surface area contributed by atoms with Crippen LogP contribution < -0.4 is 16.1 Å². The van der Waals surface area contributed by atoms with Crippen LogP contribution in [-0.4, -0.2) is 36.3 Å². The van der Waals surface area contributed by atoms with Crippen molar-refractivity contribution in [3.63, 3.8) is 0 Å². The standard InChI is InChI=1S/C27H29ClFN3O3/c1-3-7-17(8-4-2)16-35-27(34)21-15-32(19-10-11-19)24-20(26(21)33)13-22(29)25(23(24)28)31-12-6-5-9-18(30)14-31/h1-2,13,15,17-19H,5-12,14,16,30H2/t18-/m1/s1. The summed E-state index contributed by atoms with van der Waals surface area (Å²) in [6, 6.07) is 1.17. The van der Waals surface area contributed by atoms with Crippen molar-refractivity contribution in [2.24, 2.45) is 11.7 Å². The second kappa shape index (κ2) is 10.7. The maximum Gasteiger partial charge on any atom is 0.343 e. The van der Waals surface area contributed by atoms with Crippen molar-refractivity contribution < 1.29 is 13.9 Å². The summed E-state index contributed by atoms with van der Waals surface area (Å²) >= 11 is 6.80. The van der Waals surface area contributed by atoms with Gasteiger partial charge in [-0.1, -0.05) is 18.0 Å². The largest absolute Gasteiger partial charge is 0.462 e. The number of nitrogens with zero attached hydrogens (tertiary/aromatic N) is 2. The molecule has 1 aliphatic carbocycles. The molecule has 0 bridgehead atoms. The van der Waals surface area contributed by atoms with Gasteiger partial charge in [0.1, 0.15) is 11.4 Å². The Labute approximate surface area is 209 Å². The molecule has 2 heterocycles. The Morgan fingerprint density at radius 2 is 1.97 bits per heavy atom. The van der Waals surface area contributed by atoms with Crippen LogP contribution in [0.25, 0.3) is 10.9 Å². The van der Waals surface area contributed by atoms with E-state index in [4.69, 9.17) is 34.9 Å². The fraction of sp³-hybridized carbons (Fsp3) is 0.481. The highest BCUT2D eigenvalue weighted by atomic mass is 35.5. The minimum absolute atomic E-state index is 0.00257. The number of esters is 1. The predicted molar refractivity (Wildman–Crippen MR) is 136 cm³/mol. The molecule has 1 atom stereocenters. The van der Waals surface area contributed by atoms with Crippen molar-refractivity contribution in [3.05, 3.63) is 38.9 Å². The van der Waals surface area contributed by atoms with Crippen molar-refractivity contribution in [1.82, 2.24) is 4.57 Å². The number of rotatable bonds is 7. The molecule has 8 heteroatoms. The van der Waals surface area contributed by atoms with Gasteiger partial charge in [0.25, 0.3) is 0 Å². The van der Waals surface area contributed by atoms with E-state index >= 15 is 4.39 Å². The van der Waals surface area contributed by atoms with Crippen molar-refractivity contribution >= 4 is 34.2 Å². The SMILES string of the molecule is C#CCC(CC#C)COC(=O)c1cn(C2CC2)c2c(Cl)c(N3CCCC[C@@H](N)C3)c(F)cc2c1=O. The molecule has 1 saturated heterocycles. The third-order valence-electron chi connectivity index (χ3n) is 6.63. The number of fused-ring (bicyclic) bond motifs is 1. The Bertz CT molecular complexity index is 1260. The van der Waals surface area contributed by atoms with Crippen LogP contribution in [0.1, 0.15) is 61.3 Å². The third-order valence-corrected chi connectivity index (χ3v) is 6.99. The van der Waals surface area contributed by atoms with E-state index in [0.717, 1.165) is 32.1 Å². The summed E-state index contributed by atoms with van der Waals surface area (Å²) in [4.78, 5) is 28.1. The van der Waals surface area contributed by atoms with Gasteiger partial charge in [0.05, 0.1) is 28.2 Å². The van der Waals surface area contributed by atoms with Gasteiger partial charge in [0, 0.05) is 50.1 Å². The number of terminal acetylenes is 2. The highest BCUT2D eigenvalue weighted by Gasteiger charge is 2.31. The minimum atomic E-state index is -0.788. The first-order valence-electron chi connectivity index (χ1n) is 12.0. The summed E-state index contributed by atoms with van der Waals surface area (Å²) in [6.45, 7) is 1.11. The molecule has 1 aromatic heterocycles. The van der Waals surface area contributed by atoms with Crippen molar-refractivity contribution in [2.75, 3.05) is 24.6 Å². The Hall–Kier alpha value is -3.00. The predicted octanol–water partition coefficient (Wildman–Crippen LogP) is 4.27. The van der Waals surface area contributed by atoms with Crippen molar-refractivity contribution in [2.45, 2.75) is 57.0 Å². The van der Waals surface area contributed by atoms with E-state index in [0.29, 0.717) is 31.4 Å². The van der Waals surface area contributed by atoms with Crippen LogP contribution in [0.15, 0.2) is 17.1 Å². The molecule has 184 valence electrons. The van der Waals surface area contributed by atoms with Crippen LogP contribution >= 0.6 is 11.6 Å². The van der Waals surface area contributed by atoms with E-state index < -0.39 is 17.2 Å². The maximum atomic E-state index is 15.4. The molecule has 35 heavy (non-hydrogen) atoms. The number of carbonyl (C=O) groups excluding carboxylic acids is 1. The molecule has 1 saturated carbocycles. The number of halogens is 2. The quantitative estimate of drug-likeness (QED) is 0.456. The molecule has 1 aliphatic heterocycles. The average Bonchev–Trinajstić information content (AvgIpc) is 3.67. The molecule has 0 spiro atoms. The van der Waals surface area contributed by atoms with Crippen LogP contribution in [0.2, 0.25) is 5.02 Å². The molecule has 1 aromatic carbocycles. The highest BCUT2D eigenvalue weighted by molar-refractivity contribution is 6.38. The van der Waals surface area contributed by atoms with Gasteiger partial charge in [0.2, 0.25) is 5.43 Å². The average molecular weight is 498 g/mol. The summed E-state index contributed by atoms with van der Waals surface area (Å²) < 4.78 is 22.6.